The van der Waals surface area contributed by atoms with Crippen LogP contribution in [0.2, 0.25) is 0 Å². The van der Waals surface area contributed by atoms with E-state index in [1.807, 2.05) is 31.2 Å². The molecule has 0 aliphatic heterocycles. The second-order valence-corrected chi connectivity index (χ2v) is 5.48. The minimum absolute atomic E-state index is 0.0768. The minimum Gasteiger partial charge on any atom is -0.323 e. The van der Waals surface area contributed by atoms with Crippen LogP contribution in [0.1, 0.15) is 5.56 Å². The van der Waals surface area contributed by atoms with Crippen LogP contribution in [0.3, 0.4) is 0 Å². The van der Waals surface area contributed by atoms with Gasteiger partial charge in [0.15, 0.2) is 10.6 Å². The lowest BCUT2D eigenvalue weighted by atomic mass is 10.1. The van der Waals surface area contributed by atoms with Crippen LogP contribution < -0.4 is 5.32 Å². The summed E-state index contributed by atoms with van der Waals surface area (Å²) in [6, 6.07) is 11.4. The topological polar surface area (TPSA) is 75.6 Å². The van der Waals surface area contributed by atoms with E-state index in [1.165, 1.54) is 0 Å². The Kier molecular flexibility index (Phi) is 4.29. The molecule has 0 aliphatic carbocycles. The fourth-order valence-electron chi connectivity index (χ4n) is 2.17. The Balaban J connectivity index is 1.83. The van der Waals surface area contributed by atoms with E-state index in [4.69, 9.17) is 12.2 Å². The summed E-state index contributed by atoms with van der Waals surface area (Å²) in [5.41, 5.74) is 2.70. The molecule has 1 aromatic carbocycles. The van der Waals surface area contributed by atoms with Crippen molar-refractivity contribution in [1.29, 1.82) is 0 Å². The molecule has 2 aromatic heterocycles. The van der Waals surface area contributed by atoms with Gasteiger partial charge in [0.2, 0.25) is 5.91 Å². The highest BCUT2D eigenvalue weighted by molar-refractivity contribution is 7.71. The van der Waals surface area contributed by atoms with Gasteiger partial charge < -0.3 is 5.32 Å². The zero-order valence-electron chi connectivity index (χ0n) is 12.5. The first-order chi connectivity index (χ1) is 11.1. The lowest BCUT2D eigenvalue weighted by Crippen LogP contribution is -2.19. The van der Waals surface area contributed by atoms with Crippen LogP contribution >= 0.6 is 12.2 Å². The van der Waals surface area contributed by atoms with Gasteiger partial charge >= 0.3 is 0 Å². The molecule has 0 unspecified atom stereocenters. The number of nitrogens with one attached hydrogen (secondary N) is 2. The van der Waals surface area contributed by atoms with Crippen molar-refractivity contribution in [2.24, 2.45) is 0 Å². The number of anilines is 1. The van der Waals surface area contributed by atoms with Gasteiger partial charge in [-0.05, 0) is 31.3 Å². The number of carbonyl (C=O) groups is 1. The third kappa shape index (κ3) is 3.51. The molecule has 0 spiro atoms. The molecule has 0 fully saturated rings. The predicted octanol–water partition coefficient (Wildman–Crippen LogP) is 2.95. The molecule has 6 nitrogen and oxygen atoms in total. The Morgan fingerprint density at radius 1 is 1.30 bits per heavy atom. The number of nitrogens with zero attached hydrogens (tertiary/aromatic N) is 3. The number of amides is 1. The first-order valence-corrected chi connectivity index (χ1v) is 7.46. The van der Waals surface area contributed by atoms with Crippen molar-refractivity contribution in [3.05, 3.63) is 59.1 Å². The molecule has 3 rings (SSSR count). The summed E-state index contributed by atoms with van der Waals surface area (Å²) in [6.45, 7) is 2.09. The number of carbonyl (C=O) groups excluding carboxylic acids is 1. The highest BCUT2D eigenvalue weighted by Crippen LogP contribution is 2.18. The van der Waals surface area contributed by atoms with Crippen LogP contribution in [-0.4, -0.2) is 25.7 Å². The van der Waals surface area contributed by atoms with Gasteiger partial charge in [0.1, 0.15) is 6.54 Å². The van der Waals surface area contributed by atoms with Gasteiger partial charge in [-0.1, -0.05) is 29.8 Å². The van der Waals surface area contributed by atoms with Gasteiger partial charge in [-0.3, -0.25) is 19.4 Å². The lowest BCUT2D eigenvalue weighted by molar-refractivity contribution is -0.116. The summed E-state index contributed by atoms with van der Waals surface area (Å²) in [4.78, 5) is 16.2. The molecule has 0 radical (unpaired) electrons. The maximum absolute atomic E-state index is 12.2. The van der Waals surface area contributed by atoms with Crippen LogP contribution in [-0.2, 0) is 11.3 Å². The second-order valence-electron chi connectivity index (χ2n) is 5.09. The molecule has 2 heterocycles. The molecule has 116 valence electrons. The normalized spacial score (nSPS) is 10.5. The van der Waals surface area contributed by atoms with Crippen molar-refractivity contribution < 1.29 is 4.79 Å². The molecule has 1 amide bonds. The molecule has 2 N–H and O–H groups in total. The van der Waals surface area contributed by atoms with Gasteiger partial charge in [-0.2, -0.15) is 5.10 Å². The van der Waals surface area contributed by atoms with Gasteiger partial charge in [0, 0.05) is 11.8 Å². The summed E-state index contributed by atoms with van der Waals surface area (Å²) >= 11 is 5.23. The van der Waals surface area contributed by atoms with E-state index in [9.17, 15) is 4.79 Å². The summed E-state index contributed by atoms with van der Waals surface area (Å²) in [5.74, 6) is 0.445. The molecule has 0 atom stereocenters. The van der Waals surface area contributed by atoms with Crippen molar-refractivity contribution >= 4 is 23.8 Å². The number of hydrogen-bond acceptors (Lipinski definition) is 4. The van der Waals surface area contributed by atoms with Crippen molar-refractivity contribution in [3.63, 3.8) is 0 Å². The number of benzene rings is 1. The van der Waals surface area contributed by atoms with E-state index in [1.54, 1.807) is 29.1 Å². The molecular weight excluding hydrogens is 310 g/mol. The molecule has 23 heavy (non-hydrogen) atoms. The Morgan fingerprint density at radius 3 is 2.78 bits per heavy atom. The van der Waals surface area contributed by atoms with Crippen LogP contribution in [0.15, 0.2) is 48.8 Å². The molecule has 3 aromatic rings. The molecule has 7 heteroatoms. The van der Waals surface area contributed by atoms with Gasteiger partial charge in [-0.25, -0.2) is 0 Å². The summed E-state index contributed by atoms with van der Waals surface area (Å²) in [5, 5.41) is 9.76. The number of aromatic amines is 1. The highest BCUT2D eigenvalue weighted by Gasteiger charge is 2.12. The van der Waals surface area contributed by atoms with Crippen LogP contribution in [0, 0.1) is 11.7 Å². The van der Waals surface area contributed by atoms with E-state index >= 15 is 0 Å². The van der Waals surface area contributed by atoms with Crippen molar-refractivity contribution in [3.8, 4) is 11.4 Å². The Labute approximate surface area is 138 Å². The quantitative estimate of drug-likeness (QED) is 0.723. The van der Waals surface area contributed by atoms with E-state index in [0.717, 1.165) is 11.1 Å². The largest absolute Gasteiger partial charge is 0.323 e. The van der Waals surface area contributed by atoms with Gasteiger partial charge in [0.25, 0.3) is 0 Å². The summed E-state index contributed by atoms with van der Waals surface area (Å²) in [7, 11) is 0. The first kappa shape index (κ1) is 15.1. The molecule has 0 aliphatic rings. The molecular formula is C16H15N5OS. The Bertz CT molecular complexity index is 867. The maximum atomic E-state index is 12.2. The third-order valence-electron chi connectivity index (χ3n) is 3.32. The lowest BCUT2D eigenvalue weighted by Gasteiger charge is -2.08. The average Bonchev–Trinajstić information content (AvgIpc) is 2.90. The van der Waals surface area contributed by atoms with Crippen molar-refractivity contribution in [2.75, 3.05) is 5.32 Å². The number of aromatic nitrogens is 4. The zero-order valence-corrected chi connectivity index (χ0v) is 13.3. The Morgan fingerprint density at radius 2 is 2.09 bits per heavy atom. The molecule has 0 saturated heterocycles. The van der Waals surface area contributed by atoms with Crippen LogP contribution in [0.5, 0.6) is 0 Å². The van der Waals surface area contributed by atoms with Gasteiger partial charge in [-0.15, -0.1) is 0 Å². The van der Waals surface area contributed by atoms with E-state index < -0.39 is 0 Å². The average molecular weight is 325 g/mol. The monoisotopic (exact) mass is 325 g/mol. The fraction of sp³-hybridized carbons (Fsp3) is 0.125. The maximum Gasteiger partial charge on any atom is 0.244 e. The predicted molar refractivity (Wildman–Crippen MR) is 90.5 cm³/mol. The number of pyridine rings is 1. The van der Waals surface area contributed by atoms with E-state index in [0.29, 0.717) is 16.3 Å². The molecule has 0 bridgehead atoms. The number of rotatable bonds is 4. The molecule has 0 saturated carbocycles. The first-order valence-electron chi connectivity index (χ1n) is 7.05. The van der Waals surface area contributed by atoms with Crippen molar-refractivity contribution in [1.82, 2.24) is 19.7 Å². The number of hydrogen-bond donors (Lipinski definition) is 2. The fourth-order valence-corrected chi connectivity index (χ4v) is 2.36. The second kappa shape index (κ2) is 6.53. The summed E-state index contributed by atoms with van der Waals surface area (Å²) in [6.07, 6.45) is 3.24. The Hall–Kier alpha value is -2.80. The minimum atomic E-state index is -0.191. The number of aryl methyl sites for hydroxylation is 1. The van der Waals surface area contributed by atoms with Gasteiger partial charge in [0.05, 0.1) is 11.9 Å². The van der Waals surface area contributed by atoms with E-state index in [-0.39, 0.29) is 12.5 Å². The highest BCUT2D eigenvalue weighted by atomic mass is 32.1. The summed E-state index contributed by atoms with van der Waals surface area (Å²) < 4.78 is 2.08. The van der Waals surface area contributed by atoms with Crippen molar-refractivity contribution in [2.45, 2.75) is 13.5 Å². The van der Waals surface area contributed by atoms with Crippen LogP contribution in [0.4, 0.5) is 5.69 Å². The van der Waals surface area contributed by atoms with E-state index in [2.05, 4.69) is 20.5 Å². The third-order valence-corrected chi connectivity index (χ3v) is 3.63. The smallest absolute Gasteiger partial charge is 0.244 e. The van der Waals surface area contributed by atoms with Crippen LogP contribution in [0.25, 0.3) is 11.4 Å². The zero-order chi connectivity index (χ0) is 16.2. The standard InChI is InChI=1S/C16H15N5OS/c1-11-4-6-12(7-5-11)15-19-20-16(23)21(15)10-14(22)18-13-3-2-8-17-9-13/h2-9H,10H2,1H3,(H,18,22)(H,20,23). The SMILES string of the molecule is Cc1ccc(-c2n[nH]c(=S)n2CC(=O)Nc2cccnc2)cc1. The number of H-pyrrole nitrogens is 1.